The normalized spacial score (nSPS) is 18.6. The van der Waals surface area contributed by atoms with Gasteiger partial charge in [0.05, 0.1) is 16.4 Å². The highest BCUT2D eigenvalue weighted by Gasteiger charge is 2.31. The molecule has 3 rings (SSSR count). The Morgan fingerprint density at radius 1 is 1.29 bits per heavy atom. The highest BCUT2D eigenvalue weighted by molar-refractivity contribution is 7.89. The maximum absolute atomic E-state index is 12.9. The molecular formula is C18H26N4O5S. The molecule has 0 unspecified atom stereocenters. The van der Waals surface area contributed by atoms with Crippen LogP contribution in [0.1, 0.15) is 32.6 Å². The third-order valence-electron chi connectivity index (χ3n) is 5.26. The van der Waals surface area contributed by atoms with Gasteiger partial charge in [-0.05, 0) is 43.7 Å². The number of likely N-dealkylation sites (N-methyl/N-ethyl adjacent to an activating group) is 1. The summed E-state index contributed by atoms with van der Waals surface area (Å²) in [6.45, 7) is 2.88. The third-order valence-corrected chi connectivity index (χ3v) is 7.15. The SMILES string of the molecule is CC1CCN(S(=O)(=O)c2ccc(N(C)CC(=O)NC3CC3)c([N+](=O)[O-])c2)CC1. The molecule has 2 fully saturated rings. The molecule has 1 aromatic rings. The fourth-order valence-electron chi connectivity index (χ4n) is 3.31. The summed E-state index contributed by atoms with van der Waals surface area (Å²) in [4.78, 5) is 24.3. The van der Waals surface area contributed by atoms with Crippen LogP contribution in [0, 0.1) is 16.0 Å². The van der Waals surface area contributed by atoms with Gasteiger partial charge in [0.1, 0.15) is 5.69 Å². The standard InChI is InChI=1S/C18H26N4O5S/c1-13-7-9-21(10-8-13)28(26,27)15-5-6-16(17(11-15)22(24)25)20(2)12-18(23)19-14-3-4-14/h5-6,11,13-14H,3-4,7-10,12H2,1-2H3,(H,19,23). The van der Waals surface area contributed by atoms with E-state index in [2.05, 4.69) is 12.2 Å². The molecule has 1 aliphatic carbocycles. The lowest BCUT2D eigenvalue weighted by atomic mass is 10.0. The van der Waals surface area contributed by atoms with Crippen molar-refractivity contribution >= 4 is 27.3 Å². The predicted octanol–water partition coefficient (Wildman–Crippen LogP) is 1.73. The number of carbonyl (C=O) groups excluding carboxylic acids is 1. The van der Waals surface area contributed by atoms with Gasteiger partial charge in [0, 0.05) is 32.2 Å². The van der Waals surface area contributed by atoms with Crippen molar-refractivity contribution in [2.24, 2.45) is 5.92 Å². The van der Waals surface area contributed by atoms with Crippen LogP contribution in [-0.2, 0) is 14.8 Å². The number of hydrogen-bond donors (Lipinski definition) is 1. The van der Waals surface area contributed by atoms with Gasteiger partial charge >= 0.3 is 0 Å². The summed E-state index contributed by atoms with van der Waals surface area (Å²) in [7, 11) is -2.21. The van der Waals surface area contributed by atoms with Crippen molar-refractivity contribution in [2.75, 3.05) is 31.6 Å². The number of nitro benzene ring substituents is 1. The Labute approximate surface area is 164 Å². The molecule has 28 heavy (non-hydrogen) atoms. The number of nitro groups is 1. The van der Waals surface area contributed by atoms with Gasteiger partial charge in [-0.3, -0.25) is 14.9 Å². The molecular weight excluding hydrogens is 384 g/mol. The van der Waals surface area contributed by atoms with Gasteiger partial charge in [0.15, 0.2) is 0 Å². The number of sulfonamides is 1. The Balaban J connectivity index is 1.82. The third kappa shape index (κ3) is 4.61. The first kappa shape index (κ1) is 20.5. The van der Waals surface area contributed by atoms with Crippen LogP contribution in [0.3, 0.4) is 0 Å². The Morgan fingerprint density at radius 2 is 1.93 bits per heavy atom. The van der Waals surface area contributed by atoms with E-state index in [9.17, 15) is 23.3 Å². The topological polar surface area (TPSA) is 113 Å². The molecule has 0 aromatic heterocycles. The molecule has 0 radical (unpaired) electrons. The zero-order valence-corrected chi connectivity index (χ0v) is 16.9. The quantitative estimate of drug-likeness (QED) is 0.541. The molecule has 0 bridgehead atoms. The van der Waals surface area contributed by atoms with Crippen LogP contribution >= 0.6 is 0 Å². The number of nitrogens with zero attached hydrogens (tertiary/aromatic N) is 3. The minimum atomic E-state index is -3.78. The molecule has 0 atom stereocenters. The molecule has 9 nitrogen and oxygen atoms in total. The lowest BCUT2D eigenvalue weighted by Gasteiger charge is -2.29. The van der Waals surface area contributed by atoms with E-state index in [0.717, 1.165) is 31.7 Å². The van der Waals surface area contributed by atoms with Crippen molar-refractivity contribution in [1.82, 2.24) is 9.62 Å². The summed E-state index contributed by atoms with van der Waals surface area (Å²) >= 11 is 0. The lowest BCUT2D eigenvalue weighted by molar-refractivity contribution is -0.384. The second-order valence-corrected chi connectivity index (χ2v) is 9.63. The second-order valence-electron chi connectivity index (χ2n) is 7.69. The largest absolute Gasteiger partial charge is 0.360 e. The van der Waals surface area contributed by atoms with Gasteiger partial charge in [-0.1, -0.05) is 6.92 Å². The molecule has 1 saturated heterocycles. The first-order valence-corrected chi connectivity index (χ1v) is 10.9. The van der Waals surface area contributed by atoms with Crippen LogP contribution in [-0.4, -0.2) is 56.3 Å². The van der Waals surface area contributed by atoms with Gasteiger partial charge in [0.2, 0.25) is 15.9 Å². The molecule has 0 spiro atoms. The number of benzene rings is 1. The number of amides is 1. The fraction of sp³-hybridized carbons (Fsp3) is 0.611. The van der Waals surface area contributed by atoms with Crippen molar-refractivity contribution < 1.29 is 18.1 Å². The van der Waals surface area contributed by atoms with E-state index < -0.39 is 14.9 Å². The van der Waals surface area contributed by atoms with Crippen molar-refractivity contribution in [3.05, 3.63) is 28.3 Å². The van der Waals surface area contributed by atoms with Crippen LogP contribution in [0.5, 0.6) is 0 Å². The van der Waals surface area contributed by atoms with Gasteiger partial charge < -0.3 is 10.2 Å². The van der Waals surface area contributed by atoms with Crippen LogP contribution < -0.4 is 10.2 Å². The molecule has 2 aliphatic rings. The van der Waals surface area contributed by atoms with Crippen molar-refractivity contribution in [2.45, 2.75) is 43.5 Å². The Morgan fingerprint density at radius 3 is 2.50 bits per heavy atom. The van der Waals surface area contributed by atoms with E-state index in [-0.39, 0.29) is 34.8 Å². The summed E-state index contributed by atoms with van der Waals surface area (Å²) < 4.78 is 27.2. The average molecular weight is 410 g/mol. The second kappa shape index (κ2) is 8.04. The van der Waals surface area contributed by atoms with Crippen molar-refractivity contribution in [1.29, 1.82) is 0 Å². The molecule has 1 N–H and O–H groups in total. The Kier molecular flexibility index (Phi) is 5.90. The number of piperidine rings is 1. The van der Waals surface area contributed by atoms with Crippen molar-refractivity contribution in [3.8, 4) is 0 Å². The number of carbonyl (C=O) groups is 1. The van der Waals surface area contributed by atoms with Crippen LogP contribution in [0.25, 0.3) is 0 Å². The summed E-state index contributed by atoms with van der Waals surface area (Å²) in [6, 6.07) is 4.08. The highest BCUT2D eigenvalue weighted by Crippen LogP contribution is 2.32. The predicted molar refractivity (Wildman–Crippen MR) is 105 cm³/mol. The first-order valence-electron chi connectivity index (χ1n) is 9.47. The zero-order chi connectivity index (χ0) is 20.5. The summed E-state index contributed by atoms with van der Waals surface area (Å²) in [5.74, 6) is 0.261. The molecule has 10 heteroatoms. The van der Waals surface area contributed by atoms with Gasteiger partial charge in [0.25, 0.3) is 5.69 Å². The van der Waals surface area contributed by atoms with E-state index in [4.69, 9.17) is 0 Å². The fourth-order valence-corrected chi connectivity index (χ4v) is 4.80. The molecule has 1 amide bonds. The minimum absolute atomic E-state index is 0.0343. The average Bonchev–Trinajstić information content (AvgIpc) is 3.45. The number of anilines is 1. The van der Waals surface area contributed by atoms with Gasteiger partial charge in [-0.2, -0.15) is 4.31 Å². The summed E-state index contributed by atoms with van der Waals surface area (Å²) in [6.07, 6.45) is 3.46. The van der Waals surface area contributed by atoms with E-state index in [1.54, 1.807) is 7.05 Å². The van der Waals surface area contributed by atoms with E-state index >= 15 is 0 Å². The first-order chi connectivity index (χ1) is 13.2. The zero-order valence-electron chi connectivity index (χ0n) is 16.1. The maximum atomic E-state index is 12.9. The Bertz CT molecular complexity index is 861. The van der Waals surface area contributed by atoms with E-state index in [0.29, 0.717) is 19.0 Å². The minimum Gasteiger partial charge on any atom is -0.360 e. The number of hydrogen-bond acceptors (Lipinski definition) is 6. The maximum Gasteiger partial charge on any atom is 0.293 e. The number of nitrogens with one attached hydrogen (secondary N) is 1. The van der Waals surface area contributed by atoms with Crippen LogP contribution in [0.15, 0.2) is 23.1 Å². The molecule has 154 valence electrons. The van der Waals surface area contributed by atoms with E-state index in [1.165, 1.54) is 21.3 Å². The Hall–Kier alpha value is -2.20. The smallest absolute Gasteiger partial charge is 0.293 e. The molecule has 1 aromatic carbocycles. The monoisotopic (exact) mass is 410 g/mol. The lowest BCUT2D eigenvalue weighted by Crippen LogP contribution is -2.38. The molecule has 1 saturated carbocycles. The van der Waals surface area contributed by atoms with Crippen molar-refractivity contribution in [3.63, 3.8) is 0 Å². The van der Waals surface area contributed by atoms with E-state index in [1.807, 2.05) is 0 Å². The summed E-state index contributed by atoms with van der Waals surface area (Å²) in [5.41, 5.74) is -0.115. The molecule has 1 heterocycles. The van der Waals surface area contributed by atoms with Crippen LogP contribution in [0.2, 0.25) is 0 Å². The van der Waals surface area contributed by atoms with Crippen LogP contribution in [0.4, 0.5) is 11.4 Å². The molecule has 1 aliphatic heterocycles. The van der Waals surface area contributed by atoms with Gasteiger partial charge in [-0.15, -0.1) is 0 Å². The number of rotatable bonds is 7. The highest BCUT2D eigenvalue weighted by atomic mass is 32.2. The summed E-state index contributed by atoms with van der Waals surface area (Å²) in [5, 5.41) is 14.4. The van der Waals surface area contributed by atoms with Gasteiger partial charge in [-0.25, -0.2) is 8.42 Å².